The van der Waals surface area contributed by atoms with Crippen LogP contribution in [0.3, 0.4) is 0 Å². The first-order chi connectivity index (χ1) is 13.5. The maximum atomic E-state index is 13.4. The highest BCUT2D eigenvalue weighted by atomic mass is 32.1. The number of methoxy groups -OCH3 is 1. The highest BCUT2D eigenvalue weighted by Crippen LogP contribution is 2.38. The van der Waals surface area contributed by atoms with Crippen LogP contribution in [0.5, 0.6) is 0 Å². The minimum Gasteiger partial charge on any atom is -0.463 e. The fourth-order valence-corrected chi connectivity index (χ4v) is 5.16. The molecule has 0 aliphatic carbocycles. The van der Waals surface area contributed by atoms with Crippen LogP contribution < -0.4 is 5.56 Å². The molecule has 144 valence electrons. The second-order valence-electron chi connectivity index (χ2n) is 6.22. The molecular weight excluding hydrogens is 396 g/mol. The van der Waals surface area contributed by atoms with Crippen molar-refractivity contribution in [2.75, 3.05) is 7.11 Å². The number of esters is 1. The molecule has 0 amide bonds. The number of aryl methyl sites for hydroxylation is 2. The van der Waals surface area contributed by atoms with Crippen molar-refractivity contribution in [2.45, 2.75) is 26.8 Å². The van der Waals surface area contributed by atoms with Crippen LogP contribution >= 0.6 is 22.7 Å². The van der Waals surface area contributed by atoms with E-state index in [0.29, 0.717) is 23.4 Å². The van der Waals surface area contributed by atoms with Crippen LogP contribution in [0, 0.1) is 6.92 Å². The highest BCUT2D eigenvalue weighted by Gasteiger charge is 2.21. The predicted molar refractivity (Wildman–Crippen MR) is 110 cm³/mol. The molecule has 0 aliphatic rings. The van der Waals surface area contributed by atoms with Gasteiger partial charge in [0, 0.05) is 21.7 Å². The van der Waals surface area contributed by atoms with Gasteiger partial charge in [-0.3, -0.25) is 9.36 Å². The Morgan fingerprint density at radius 1 is 1.32 bits per heavy atom. The molecule has 0 spiro atoms. The third-order valence-corrected chi connectivity index (χ3v) is 6.40. The molecule has 0 saturated carbocycles. The minimum atomic E-state index is -0.545. The van der Waals surface area contributed by atoms with Gasteiger partial charge >= 0.3 is 5.97 Å². The lowest BCUT2D eigenvalue weighted by atomic mass is 10.1. The van der Waals surface area contributed by atoms with Crippen molar-refractivity contribution in [3.05, 3.63) is 62.2 Å². The summed E-state index contributed by atoms with van der Waals surface area (Å²) in [6.45, 7) is 4.19. The first-order valence-electron chi connectivity index (χ1n) is 8.77. The largest absolute Gasteiger partial charge is 0.463 e. The number of furan rings is 1. The molecule has 28 heavy (non-hydrogen) atoms. The van der Waals surface area contributed by atoms with Gasteiger partial charge in [0.25, 0.3) is 5.56 Å². The van der Waals surface area contributed by atoms with Crippen LogP contribution in [0.2, 0.25) is 0 Å². The van der Waals surface area contributed by atoms with Crippen LogP contribution in [-0.2, 0) is 17.7 Å². The van der Waals surface area contributed by atoms with Crippen LogP contribution in [0.4, 0.5) is 0 Å². The van der Waals surface area contributed by atoms with E-state index >= 15 is 0 Å². The Labute approximate surface area is 169 Å². The van der Waals surface area contributed by atoms with Crippen molar-refractivity contribution in [3.63, 3.8) is 0 Å². The van der Waals surface area contributed by atoms with Crippen molar-refractivity contribution in [3.8, 4) is 10.4 Å². The van der Waals surface area contributed by atoms with Crippen molar-refractivity contribution in [2.24, 2.45) is 0 Å². The Balaban J connectivity index is 1.87. The van der Waals surface area contributed by atoms with E-state index < -0.39 is 5.97 Å². The van der Waals surface area contributed by atoms with Crippen LogP contribution in [0.15, 0.2) is 38.9 Å². The molecule has 4 aromatic rings. The van der Waals surface area contributed by atoms with E-state index in [1.54, 1.807) is 39.4 Å². The number of aromatic nitrogens is 2. The Kier molecular flexibility index (Phi) is 4.91. The number of carbonyl (C=O) groups excluding carboxylic acids is 1. The molecule has 0 aliphatic heterocycles. The van der Waals surface area contributed by atoms with Gasteiger partial charge in [0.1, 0.15) is 16.4 Å². The van der Waals surface area contributed by atoms with Gasteiger partial charge in [-0.05, 0) is 30.5 Å². The standard InChI is InChI=1S/C20H18N2O4S2/c1-4-15-21-18-17(16(11(2)28-18)14-6-5-9-27-14)19(23)22(15)10-12-7-8-13(26-12)20(24)25-3/h5-9H,4,10H2,1-3H3. The summed E-state index contributed by atoms with van der Waals surface area (Å²) in [5.41, 5.74) is 0.865. The van der Waals surface area contributed by atoms with Gasteiger partial charge in [0.15, 0.2) is 0 Å². The molecule has 0 aromatic carbocycles. The van der Waals surface area contributed by atoms with Crippen LogP contribution in [0.1, 0.15) is 33.9 Å². The number of fused-ring (bicyclic) bond motifs is 1. The average Bonchev–Trinajstić information content (AvgIpc) is 3.42. The fourth-order valence-electron chi connectivity index (χ4n) is 3.22. The second-order valence-corrected chi connectivity index (χ2v) is 8.37. The van der Waals surface area contributed by atoms with E-state index in [1.165, 1.54) is 7.11 Å². The molecule has 0 radical (unpaired) electrons. The quantitative estimate of drug-likeness (QED) is 0.450. The fraction of sp³-hybridized carbons (Fsp3) is 0.250. The SMILES string of the molecule is CCc1nc2sc(C)c(-c3cccs3)c2c(=O)n1Cc1ccc(C(=O)OC)o1. The van der Waals surface area contributed by atoms with Crippen LogP contribution in [-0.4, -0.2) is 22.6 Å². The van der Waals surface area contributed by atoms with E-state index in [4.69, 9.17) is 9.40 Å². The molecule has 0 bridgehead atoms. The number of hydrogen-bond donors (Lipinski definition) is 0. The van der Waals surface area contributed by atoms with Gasteiger partial charge in [-0.2, -0.15) is 0 Å². The summed E-state index contributed by atoms with van der Waals surface area (Å²) in [6.07, 6.45) is 0.612. The molecule has 8 heteroatoms. The molecule has 4 heterocycles. The van der Waals surface area contributed by atoms with Crippen molar-refractivity contribution >= 4 is 38.9 Å². The van der Waals surface area contributed by atoms with E-state index in [1.807, 2.05) is 31.4 Å². The molecule has 0 unspecified atom stereocenters. The lowest BCUT2D eigenvalue weighted by molar-refractivity contribution is 0.0563. The third kappa shape index (κ3) is 3.08. The molecule has 0 fully saturated rings. The monoisotopic (exact) mass is 414 g/mol. The Morgan fingerprint density at radius 3 is 2.82 bits per heavy atom. The van der Waals surface area contributed by atoms with E-state index in [0.717, 1.165) is 20.1 Å². The summed E-state index contributed by atoms with van der Waals surface area (Å²) >= 11 is 3.15. The summed E-state index contributed by atoms with van der Waals surface area (Å²) in [5, 5.41) is 2.64. The predicted octanol–water partition coefficient (Wildman–Crippen LogP) is 4.49. The second kappa shape index (κ2) is 7.37. The molecule has 0 atom stereocenters. The average molecular weight is 415 g/mol. The number of hydrogen-bond acceptors (Lipinski definition) is 7. The Bertz CT molecular complexity index is 1220. The van der Waals surface area contributed by atoms with Gasteiger partial charge in [0.05, 0.1) is 19.0 Å². The van der Waals surface area contributed by atoms with E-state index in [9.17, 15) is 9.59 Å². The maximum Gasteiger partial charge on any atom is 0.373 e. The number of ether oxygens (including phenoxy) is 1. The van der Waals surface area contributed by atoms with Gasteiger partial charge < -0.3 is 9.15 Å². The van der Waals surface area contributed by atoms with Gasteiger partial charge in [-0.1, -0.05) is 13.0 Å². The lowest BCUT2D eigenvalue weighted by Gasteiger charge is -2.10. The first kappa shape index (κ1) is 18.6. The highest BCUT2D eigenvalue weighted by molar-refractivity contribution is 7.20. The molecule has 0 saturated heterocycles. The van der Waals surface area contributed by atoms with E-state index in [-0.39, 0.29) is 17.9 Å². The van der Waals surface area contributed by atoms with Crippen LogP contribution in [0.25, 0.3) is 20.7 Å². The normalized spacial score (nSPS) is 11.2. The molecule has 0 N–H and O–H groups in total. The van der Waals surface area contributed by atoms with Crippen molar-refractivity contribution < 1.29 is 13.9 Å². The Hall–Kier alpha value is -2.71. The summed E-state index contributed by atoms with van der Waals surface area (Å²) in [6, 6.07) is 7.23. The maximum absolute atomic E-state index is 13.4. The summed E-state index contributed by atoms with van der Waals surface area (Å²) in [7, 11) is 1.30. The third-order valence-electron chi connectivity index (χ3n) is 4.51. The zero-order chi connectivity index (χ0) is 19.8. The zero-order valence-electron chi connectivity index (χ0n) is 15.6. The number of rotatable bonds is 5. The summed E-state index contributed by atoms with van der Waals surface area (Å²) in [4.78, 5) is 32.7. The number of nitrogens with zero attached hydrogens (tertiary/aromatic N) is 2. The molecule has 4 aromatic heterocycles. The Morgan fingerprint density at radius 2 is 2.14 bits per heavy atom. The molecule has 4 rings (SSSR count). The number of thiophene rings is 2. The lowest BCUT2D eigenvalue weighted by Crippen LogP contribution is -2.25. The van der Waals surface area contributed by atoms with Gasteiger partial charge in [-0.25, -0.2) is 9.78 Å². The molecular formula is C20H18N2O4S2. The van der Waals surface area contributed by atoms with Crippen molar-refractivity contribution in [1.29, 1.82) is 0 Å². The van der Waals surface area contributed by atoms with E-state index in [2.05, 4.69) is 4.74 Å². The summed E-state index contributed by atoms with van der Waals surface area (Å²) < 4.78 is 11.9. The topological polar surface area (TPSA) is 74.3 Å². The first-order valence-corrected chi connectivity index (χ1v) is 10.5. The smallest absolute Gasteiger partial charge is 0.373 e. The minimum absolute atomic E-state index is 0.0920. The summed E-state index contributed by atoms with van der Waals surface area (Å²) in [5.74, 6) is 0.759. The van der Waals surface area contributed by atoms with Gasteiger partial charge in [-0.15, -0.1) is 22.7 Å². The number of carbonyl (C=O) groups is 1. The molecule has 6 nitrogen and oxygen atoms in total. The van der Waals surface area contributed by atoms with Crippen molar-refractivity contribution in [1.82, 2.24) is 9.55 Å². The zero-order valence-corrected chi connectivity index (χ0v) is 17.3. The van der Waals surface area contributed by atoms with Gasteiger partial charge in [0.2, 0.25) is 5.76 Å².